The lowest BCUT2D eigenvalue weighted by Gasteiger charge is -2.35. The average molecular weight is 609 g/mol. The van der Waals surface area contributed by atoms with E-state index >= 15 is 0 Å². The number of esters is 1. The Kier molecular flexibility index (Phi) is 12.9. The summed E-state index contributed by atoms with van der Waals surface area (Å²) in [6, 6.07) is 15.0. The van der Waals surface area contributed by atoms with Crippen molar-refractivity contribution in [1.82, 2.24) is 15.5 Å². The van der Waals surface area contributed by atoms with Crippen LogP contribution in [0.3, 0.4) is 0 Å². The van der Waals surface area contributed by atoms with Gasteiger partial charge in [0.25, 0.3) is 0 Å². The van der Waals surface area contributed by atoms with Crippen molar-refractivity contribution in [3.63, 3.8) is 0 Å². The van der Waals surface area contributed by atoms with Gasteiger partial charge < -0.3 is 31.1 Å². The van der Waals surface area contributed by atoms with Crippen LogP contribution in [-0.4, -0.2) is 76.5 Å². The number of unbranched alkanes of at least 4 members (excludes halogenated alkanes) is 1. The number of carbonyl (C=O) groups excluding carboxylic acids is 4. The van der Waals surface area contributed by atoms with Crippen LogP contribution in [0.15, 0.2) is 60.7 Å². The number of rotatable bonds is 16. The molecule has 0 radical (unpaired) electrons. The summed E-state index contributed by atoms with van der Waals surface area (Å²) in [5, 5.41) is 15.3. The van der Waals surface area contributed by atoms with E-state index in [-0.39, 0.29) is 25.9 Å². The minimum absolute atomic E-state index is 0.167. The number of nitrogens with zero attached hydrogens (tertiary/aromatic N) is 1. The van der Waals surface area contributed by atoms with Gasteiger partial charge in [0.05, 0.1) is 18.2 Å². The van der Waals surface area contributed by atoms with E-state index in [0.29, 0.717) is 44.2 Å². The van der Waals surface area contributed by atoms with Gasteiger partial charge in [0.15, 0.2) is 0 Å². The number of amides is 3. The Morgan fingerprint density at radius 2 is 1.64 bits per heavy atom. The van der Waals surface area contributed by atoms with Gasteiger partial charge >= 0.3 is 11.9 Å². The molecule has 0 saturated carbocycles. The molecule has 1 saturated heterocycles. The van der Waals surface area contributed by atoms with E-state index in [9.17, 15) is 29.1 Å². The molecule has 0 spiro atoms. The van der Waals surface area contributed by atoms with Crippen LogP contribution in [0.4, 0.5) is 0 Å². The molecule has 3 rings (SSSR count). The number of nitrogens with one attached hydrogen (secondary N) is 2. The predicted molar refractivity (Wildman–Crippen MR) is 164 cm³/mol. The monoisotopic (exact) mass is 608 g/mol. The van der Waals surface area contributed by atoms with E-state index in [4.69, 9.17) is 10.5 Å². The van der Waals surface area contributed by atoms with E-state index in [2.05, 4.69) is 10.6 Å². The van der Waals surface area contributed by atoms with Gasteiger partial charge in [-0.1, -0.05) is 62.4 Å². The third-order valence-corrected chi connectivity index (χ3v) is 8.20. The van der Waals surface area contributed by atoms with Gasteiger partial charge in [0.1, 0.15) is 17.6 Å². The Bertz CT molecular complexity index is 1270. The molecule has 2 aromatic rings. The van der Waals surface area contributed by atoms with Crippen LogP contribution in [0.1, 0.15) is 74.7 Å². The maximum Gasteiger partial charge on any atom is 0.338 e. The Hall–Kier alpha value is -4.25. The lowest BCUT2D eigenvalue weighted by Crippen LogP contribution is -2.64. The molecule has 11 nitrogen and oxygen atoms in total. The first-order chi connectivity index (χ1) is 21.1. The van der Waals surface area contributed by atoms with Gasteiger partial charge in [-0.2, -0.15) is 0 Å². The lowest BCUT2D eigenvalue weighted by molar-refractivity contribution is -0.149. The average Bonchev–Trinajstić information content (AvgIpc) is 3.54. The van der Waals surface area contributed by atoms with Crippen molar-refractivity contribution in [3.05, 3.63) is 71.8 Å². The van der Waals surface area contributed by atoms with Crippen molar-refractivity contribution in [2.75, 3.05) is 13.2 Å². The molecule has 0 aromatic heterocycles. The second kappa shape index (κ2) is 16.6. The van der Waals surface area contributed by atoms with Crippen LogP contribution in [0.2, 0.25) is 0 Å². The Morgan fingerprint density at radius 1 is 1.00 bits per heavy atom. The smallest absolute Gasteiger partial charge is 0.338 e. The van der Waals surface area contributed by atoms with E-state index in [1.807, 2.05) is 36.4 Å². The van der Waals surface area contributed by atoms with Gasteiger partial charge in [-0.3, -0.25) is 14.4 Å². The maximum absolute atomic E-state index is 13.8. The molecule has 11 heteroatoms. The fourth-order valence-electron chi connectivity index (χ4n) is 5.39. The molecule has 0 unspecified atom stereocenters. The molecular formula is C33H44N4O7. The van der Waals surface area contributed by atoms with E-state index in [0.717, 1.165) is 5.56 Å². The van der Waals surface area contributed by atoms with Gasteiger partial charge in [-0.25, -0.2) is 9.59 Å². The number of aliphatic carboxylic acids is 1. The fourth-order valence-corrected chi connectivity index (χ4v) is 5.39. The van der Waals surface area contributed by atoms with Gasteiger partial charge in [0, 0.05) is 13.0 Å². The zero-order chi connectivity index (χ0) is 32.1. The van der Waals surface area contributed by atoms with Gasteiger partial charge in [-0.05, 0) is 62.6 Å². The van der Waals surface area contributed by atoms with Crippen LogP contribution in [0.25, 0.3) is 0 Å². The van der Waals surface area contributed by atoms with Crippen molar-refractivity contribution in [2.24, 2.45) is 5.73 Å². The number of nitrogens with two attached hydrogens (primary N) is 1. The number of benzene rings is 2. The Balaban J connectivity index is 1.62. The lowest BCUT2D eigenvalue weighted by atomic mass is 9.90. The number of likely N-dealkylation sites (tertiary alicyclic amines) is 1. The number of carboxylic acids is 1. The van der Waals surface area contributed by atoms with Crippen LogP contribution < -0.4 is 16.4 Å². The molecule has 2 aromatic carbocycles. The molecule has 1 aliphatic rings. The number of hydrogen-bond acceptors (Lipinski definition) is 7. The zero-order valence-electron chi connectivity index (χ0n) is 25.5. The summed E-state index contributed by atoms with van der Waals surface area (Å²) in [6.07, 6.45) is 2.94. The highest BCUT2D eigenvalue weighted by atomic mass is 16.5. The highest BCUT2D eigenvalue weighted by Crippen LogP contribution is 2.22. The summed E-state index contributed by atoms with van der Waals surface area (Å²) in [5.41, 5.74) is 6.12. The molecule has 1 fully saturated rings. The minimum atomic E-state index is -1.33. The highest BCUT2D eigenvalue weighted by molar-refractivity contribution is 5.96. The molecule has 3 atom stereocenters. The Labute approximate surface area is 258 Å². The van der Waals surface area contributed by atoms with E-state index in [1.165, 1.54) is 4.90 Å². The van der Waals surface area contributed by atoms with Gasteiger partial charge in [-0.15, -0.1) is 0 Å². The molecule has 0 bridgehead atoms. The summed E-state index contributed by atoms with van der Waals surface area (Å²) in [4.78, 5) is 65.8. The SMILES string of the molecule is CCC(CC)(NC(=O)[C@@H](N)CCCCOC(=O)c1ccccc1)C(=O)N[C@@H](Cc1ccccc1)C(=O)N1CCC[C@@H]1C(=O)O. The first kappa shape index (κ1) is 34.2. The van der Waals surface area contributed by atoms with Crippen molar-refractivity contribution in [2.45, 2.75) is 88.9 Å². The molecule has 44 heavy (non-hydrogen) atoms. The number of carboxylic acid groups (broad SMARTS) is 1. The molecule has 3 amide bonds. The third kappa shape index (κ3) is 9.12. The predicted octanol–water partition coefficient (Wildman–Crippen LogP) is 2.82. The van der Waals surface area contributed by atoms with Crippen LogP contribution >= 0.6 is 0 Å². The third-order valence-electron chi connectivity index (χ3n) is 8.20. The van der Waals surface area contributed by atoms with E-state index < -0.39 is 53.3 Å². The number of ether oxygens (including phenoxy) is 1. The molecule has 1 heterocycles. The molecular weight excluding hydrogens is 564 g/mol. The first-order valence-electron chi connectivity index (χ1n) is 15.3. The van der Waals surface area contributed by atoms with Crippen LogP contribution in [0, 0.1) is 0 Å². The van der Waals surface area contributed by atoms with Crippen molar-refractivity contribution >= 4 is 29.7 Å². The standard InChI is InChI=1S/C33H44N4O7/c1-3-33(4-2,36-28(38)25(34)18-11-12-21-44-31(42)24-16-9-6-10-17-24)32(43)35-26(22-23-14-7-5-8-15-23)29(39)37-20-13-19-27(37)30(40)41/h5-10,14-17,25-27H,3-4,11-13,18-22,34H2,1-2H3,(H,35,43)(H,36,38)(H,40,41)/t25-,26-,27+/m0/s1. The molecule has 238 valence electrons. The number of hydrogen-bond donors (Lipinski definition) is 4. The zero-order valence-corrected chi connectivity index (χ0v) is 25.5. The summed E-state index contributed by atoms with van der Waals surface area (Å²) >= 11 is 0. The van der Waals surface area contributed by atoms with Crippen LogP contribution in [-0.2, 0) is 30.3 Å². The molecule has 0 aliphatic carbocycles. The quantitative estimate of drug-likeness (QED) is 0.167. The summed E-state index contributed by atoms with van der Waals surface area (Å²) in [5.74, 6) is -2.99. The highest BCUT2D eigenvalue weighted by Gasteiger charge is 2.42. The van der Waals surface area contributed by atoms with Crippen molar-refractivity contribution < 1.29 is 33.8 Å². The largest absolute Gasteiger partial charge is 0.480 e. The van der Waals surface area contributed by atoms with Crippen LogP contribution in [0.5, 0.6) is 0 Å². The molecule has 1 aliphatic heterocycles. The normalized spacial score (nSPS) is 16.1. The topological polar surface area (TPSA) is 168 Å². The maximum atomic E-state index is 13.8. The summed E-state index contributed by atoms with van der Waals surface area (Å²) < 4.78 is 5.28. The Morgan fingerprint density at radius 3 is 2.25 bits per heavy atom. The number of carbonyl (C=O) groups is 5. The molecule has 5 N–H and O–H groups in total. The minimum Gasteiger partial charge on any atom is -0.480 e. The van der Waals surface area contributed by atoms with Crippen molar-refractivity contribution in [3.8, 4) is 0 Å². The fraction of sp³-hybridized carbons (Fsp3) is 0.485. The van der Waals surface area contributed by atoms with E-state index in [1.54, 1.807) is 38.1 Å². The second-order valence-electron chi connectivity index (χ2n) is 11.1. The second-order valence-corrected chi connectivity index (χ2v) is 11.1. The summed E-state index contributed by atoms with van der Waals surface area (Å²) in [6.45, 7) is 4.02. The van der Waals surface area contributed by atoms with Crippen molar-refractivity contribution in [1.29, 1.82) is 0 Å². The summed E-state index contributed by atoms with van der Waals surface area (Å²) in [7, 11) is 0. The van der Waals surface area contributed by atoms with Gasteiger partial charge in [0.2, 0.25) is 17.7 Å². The first-order valence-corrected chi connectivity index (χ1v) is 15.3.